The molecule has 2 aromatic rings. The zero-order valence-electron chi connectivity index (χ0n) is 12.8. The number of nitrogens with one attached hydrogen (secondary N) is 1. The minimum Gasteiger partial charge on any atom is -0.351 e. The summed E-state index contributed by atoms with van der Waals surface area (Å²) < 4.78 is 0. The van der Waals surface area contributed by atoms with Crippen LogP contribution in [0.5, 0.6) is 0 Å². The third kappa shape index (κ3) is 5.11. The van der Waals surface area contributed by atoms with Gasteiger partial charge in [0, 0.05) is 23.3 Å². The Balaban J connectivity index is 1.75. The first kappa shape index (κ1) is 16.4. The molecule has 4 heteroatoms. The summed E-state index contributed by atoms with van der Waals surface area (Å²) in [6.07, 6.45) is 2.61. The van der Waals surface area contributed by atoms with Crippen LogP contribution in [-0.4, -0.2) is 11.7 Å². The van der Waals surface area contributed by atoms with E-state index in [0.29, 0.717) is 12.1 Å². The van der Waals surface area contributed by atoms with E-state index in [1.54, 1.807) is 11.3 Å². The number of amides is 1. The van der Waals surface area contributed by atoms with Crippen molar-refractivity contribution in [3.05, 3.63) is 57.8 Å². The van der Waals surface area contributed by atoms with E-state index in [0.717, 1.165) is 17.7 Å². The van der Waals surface area contributed by atoms with Crippen LogP contribution in [0.15, 0.2) is 41.8 Å². The third-order valence-corrected chi connectivity index (χ3v) is 4.31. The number of aryl methyl sites for hydroxylation is 1. The highest BCUT2D eigenvalue weighted by atomic mass is 32.1. The van der Waals surface area contributed by atoms with Crippen molar-refractivity contribution in [1.29, 1.82) is 0 Å². The normalized spacial score (nSPS) is 10.4. The molecule has 1 aromatic heterocycles. The van der Waals surface area contributed by atoms with Gasteiger partial charge in [-0.05, 0) is 23.4 Å². The van der Waals surface area contributed by atoms with Crippen LogP contribution >= 0.6 is 11.3 Å². The first-order chi connectivity index (χ1) is 10.7. The Labute approximate surface area is 135 Å². The minimum absolute atomic E-state index is 0.0225. The van der Waals surface area contributed by atoms with Crippen molar-refractivity contribution in [3.63, 3.8) is 0 Å². The van der Waals surface area contributed by atoms with Crippen molar-refractivity contribution in [2.45, 2.75) is 39.2 Å². The van der Waals surface area contributed by atoms with Crippen LogP contribution in [0.1, 0.15) is 47.0 Å². The lowest BCUT2D eigenvalue weighted by molar-refractivity contribution is -0.121. The second-order valence-electron chi connectivity index (χ2n) is 5.23. The van der Waals surface area contributed by atoms with Crippen LogP contribution in [0, 0.1) is 0 Å². The van der Waals surface area contributed by atoms with Gasteiger partial charge >= 0.3 is 0 Å². The van der Waals surface area contributed by atoms with Gasteiger partial charge in [0.1, 0.15) is 0 Å². The lowest BCUT2D eigenvalue weighted by Gasteiger charge is -2.05. The molecule has 0 atom stereocenters. The minimum atomic E-state index is -0.0793. The fourth-order valence-corrected chi connectivity index (χ4v) is 2.85. The predicted octanol–water partition coefficient (Wildman–Crippen LogP) is 3.98. The second-order valence-corrected chi connectivity index (χ2v) is 6.26. The van der Waals surface area contributed by atoms with Gasteiger partial charge in [0.05, 0.1) is 6.54 Å². The Kier molecular flexibility index (Phi) is 6.34. The summed E-state index contributed by atoms with van der Waals surface area (Å²) in [6.45, 7) is 2.67. The van der Waals surface area contributed by atoms with Crippen molar-refractivity contribution in [3.8, 4) is 0 Å². The van der Waals surface area contributed by atoms with Crippen LogP contribution in [-0.2, 0) is 17.8 Å². The maximum atomic E-state index is 12.1. The summed E-state index contributed by atoms with van der Waals surface area (Å²) in [6, 6.07) is 11.6. The average molecular weight is 315 g/mol. The molecule has 0 aliphatic heterocycles. The number of carbonyl (C=O) groups is 2. The molecule has 0 aliphatic rings. The summed E-state index contributed by atoms with van der Waals surface area (Å²) in [7, 11) is 0. The molecule has 0 unspecified atom stereocenters. The molecule has 0 aliphatic carbocycles. The molecule has 3 nitrogen and oxygen atoms in total. The molecule has 0 saturated carbocycles. The van der Waals surface area contributed by atoms with Gasteiger partial charge in [-0.15, -0.1) is 11.3 Å². The van der Waals surface area contributed by atoms with Gasteiger partial charge < -0.3 is 5.32 Å². The van der Waals surface area contributed by atoms with E-state index in [-0.39, 0.29) is 24.5 Å². The molecule has 22 heavy (non-hydrogen) atoms. The van der Waals surface area contributed by atoms with Gasteiger partial charge in [0.15, 0.2) is 5.78 Å². The molecule has 0 fully saturated rings. The van der Waals surface area contributed by atoms with E-state index in [4.69, 9.17) is 0 Å². The van der Waals surface area contributed by atoms with E-state index in [1.165, 1.54) is 5.56 Å². The Hall–Kier alpha value is -1.94. The Morgan fingerprint density at radius 3 is 2.50 bits per heavy atom. The lowest BCUT2D eigenvalue weighted by atomic mass is 10.0. The molecule has 1 amide bonds. The van der Waals surface area contributed by atoms with E-state index >= 15 is 0 Å². The Morgan fingerprint density at radius 2 is 1.86 bits per heavy atom. The van der Waals surface area contributed by atoms with Crippen LogP contribution in [0.25, 0.3) is 0 Å². The number of rotatable bonds is 8. The average Bonchev–Trinajstić information content (AvgIpc) is 3.05. The monoisotopic (exact) mass is 315 g/mol. The van der Waals surface area contributed by atoms with E-state index in [1.807, 2.05) is 41.8 Å². The van der Waals surface area contributed by atoms with Gasteiger partial charge in [-0.25, -0.2) is 0 Å². The first-order valence-electron chi connectivity index (χ1n) is 7.60. The van der Waals surface area contributed by atoms with Gasteiger partial charge in [-0.3, -0.25) is 9.59 Å². The SMILES string of the molecule is CCCc1ccc(C(=O)CCC(=O)NCc2cccs2)cc1. The molecule has 0 saturated heterocycles. The third-order valence-electron chi connectivity index (χ3n) is 3.43. The molecule has 1 aromatic carbocycles. The van der Waals surface area contributed by atoms with Gasteiger partial charge in [0.25, 0.3) is 0 Å². The second kappa shape index (κ2) is 8.49. The van der Waals surface area contributed by atoms with Gasteiger partial charge in [-0.1, -0.05) is 43.7 Å². The maximum Gasteiger partial charge on any atom is 0.220 e. The van der Waals surface area contributed by atoms with Gasteiger partial charge in [-0.2, -0.15) is 0 Å². The topological polar surface area (TPSA) is 46.2 Å². The molecule has 0 spiro atoms. The van der Waals surface area contributed by atoms with Crippen molar-refractivity contribution in [2.24, 2.45) is 0 Å². The molecule has 1 heterocycles. The summed E-state index contributed by atoms with van der Waals surface area (Å²) >= 11 is 1.61. The van der Waals surface area contributed by atoms with Crippen LogP contribution in [0.2, 0.25) is 0 Å². The first-order valence-corrected chi connectivity index (χ1v) is 8.48. The molecular formula is C18H21NO2S. The number of ketones is 1. The molecule has 0 bridgehead atoms. The number of Topliss-reactive ketones (excluding diaryl/α,β-unsaturated/α-hetero) is 1. The highest BCUT2D eigenvalue weighted by molar-refractivity contribution is 7.09. The fourth-order valence-electron chi connectivity index (χ4n) is 2.20. The zero-order chi connectivity index (χ0) is 15.8. The largest absolute Gasteiger partial charge is 0.351 e. The Bertz CT molecular complexity index is 603. The predicted molar refractivity (Wildman–Crippen MR) is 90.2 cm³/mol. The molecule has 0 radical (unpaired) electrons. The van der Waals surface area contributed by atoms with E-state index in [9.17, 15) is 9.59 Å². The highest BCUT2D eigenvalue weighted by Gasteiger charge is 2.09. The number of thiophene rings is 1. The standard InChI is InChI=1S/C18H21NO2S/c1-2-4-14-6-8-15(9-7-14)17(20)10-11-18(21)19-13-16-5-3-12-22-16/h3,5-9,12H,2,4,10-11,13H2,1H3,(H,19,21). The van der Waals surface area contributed by atoms with Crippen molar-refractivity contribution < 1.29 is 9.59 Å². The lowest BCUT2D eigenvalue weighted by Crippen LogP contribution is -2.22. The van der Waals surface area contributed by atoms with E-state index < -0.39 is 0 Å². The van der Waals surface area contributed by atoms with Crippen molar-refractivity contribution in [2.75, 3.05) is 0 Å². The van der Waals surface area contributed by atoms with E-state index in [2.05, 4.69) is 12.2 Å². The molecule has 116 valence electrons. The van der Waals surface area contributed by atoms with Gasteiger partial charge in [0.2, 0.25) is 5.91 Å². The Morgan fingerprint density at radius 1 is 1.09 bits per heavy atom. The van der Waals surface area contributed by atoms with Crippen LogP contribution in [0.3, 0.4) is 0 Å². The smallest absolute Gasteiger partial charge is 0.220 e. The fraction of sp³-hybridized carbons (Fsp3) is 0.333. The molecule has 1 N–H and O–H groups in total. The number of benzene rings is 1. The maximum absolute atomic E-state index is 12.1. The number of carbonyl (C=O) groups excluding carboxylic acids is 2. The van der Waals surface area contributed by atoms with Crippen molar-refractivity contribution in [1.82, 2.24) is 5.32 Å². The zero-order valence-corrected chi connectivity index (χ0v) is 13.6. The summed E-state index contributed by atoms with van der Waals surface area (Å²) in [4.78, 5) is 24.9. The highest BCUT2D eigenvalue weighted by Crippen LogP contribution is 2.10. The summed E-state index contributed by atoms with van der Waals surface area (Å²) in [5.41, 5.74) is 1.93. The van der Waals surface area contributed by atoms with Crippen LogP contribution in [0.4, 0.5) is 0 Å². The van der Waals surface area contributed by atoms with Crippen LogP contribution < -0.4 is 5.32 Å². The number of hydrogen-bond donors (Lipinski definition) is 1. The van der Waals surface area contributed by atoms with Crippen molar-refractivity contribution >= 4 is 23.0 Å². The molecular weight excluding hydrogens is 294 g/mol. The summed E-state index contributed by atoms with van der Waals surface area (Å²) in [5, 5.41) is 4.82. The number of hydrogen-bond acceptors (Lipinski definition) is 3. The quantitative estimate of drug-likeness (QED) is 0.749. The molecule has 2 rings (SSSR count). The summed E-state index contributed by atoms with van der Waals surface area (Å²) in [5.74, 6) is -0.0568.